The van der Waals surface area contributed by atoms with Crippen molar-refractivity contribution >= 4 is 34.0 Å². The van der Waals surface area contributed by atoms with E-state index in [0.29, 0.717) is 21.0 Å². The number of aromatic hydroxyl groups is 1. The Bertz CT molecular complexity index is 875. The van der Waals surface area contributed by atoms with E-state index < -0.39 is 5.60 Å². The van der Waals surface area contributed by atoms with Crippen LogP contribution in [0.25, 0.3) is 21.9 Å². The van der Waals surface area contributed by atoms with E-state index in [1.54, 1.807) is 26.0 Å². The number of aliphatic hydroxyl groups is 1. The molecular formula is C19H16Cl2O2. The smallest absolute Gasteiger partial charge is 0.123 e. The zero-order chi connectivity index (χ0) is 16.8. The van der Waals surface area contributed by atoms with Gasteiger partial charge in [0.25, 0.3) is 0 Å². The van der Waals surface area contributed by atoms with Crippen LogP contribution in [0.1, 0.15) is 19.4 Å². The molecule has 0 saturated heterocycles. The highest BCUT2D eigenvalue weighted by molar-refractivity contribution is 6.35. The number of rotatable bonds is 2. The van der Waals surface area contributed by atoms with Crippen molar-refractivity contribution in [3.63, 3.8) is 0 Å². The molecule has 0 amide bonds. The first-order valence-electron chi connectivity index (χ1n) is 7.21. The highest BCUT2D eigenvalue weighted by atomic mass is 35.5. The van der Waals surface area contributed by atoms with Gasteiger partial charge in [-0.3, -0.25) is 0 Å². The van der Waals surface area contributed by atoms with Gasteiger partial charge in [0.15, 0.2) is 0 Å². The average molecular weight is 347 g/mol. The van der Waals surface area contributed by atoms with Gasteiger partial charge in [0.1, 0.15) is 5.75 Å². The fourth-order valence-corrected chi connectivity index (χ4v) is 3.37. The molecule has 2 nitrogen and oxygen atoms in total. The topological polar surface area (TPSA) is 40.5 Å². The highest BCUT2D eigenvalue weighted by Crippen LogP contribution is 2.42. The van der Waals surface area contributed by atoms with Crippen molar-refractivity contribution in [2.24, 2.45) is 0 Å². The normalized spacial score (nSPS) is 11.9. The third-order valence-corrected chi connectivity index (χ3v) is 4.27. The van der Waals surface area contributed by atoms with Gasteiger partial charge in [0, 0.05) is 15.4 Å². The van der Waals surface area contributed by atoms with E-state index in [2.05, 4.69) is 0 Å². The lowest BCUT2D eigenvalue weighted by Gasteiger charge is -2.24. The van der Waals surface area contributed by atoms with Gasteiger partial charge in [-0.2, -0.15) is 0 Å². The summed E-state index contributed by atoms with van der Waals surface area (Å²) >= 11 is 12.3. The van der Waals surface area contributed by atoms with Crippen molar-refractivity contribution in [1.82, 2.24) is 0 Å². The molecule has 118 valence electrons. The zero-order valence-electron chi connectivity index (χ0n) is 12.8. The Morgan fingerprint density at radius 3 is 2.00 bits per heavy atom. The van der Waals surface area contributed by atoms with E-state index in [0.717, 1.165) is 16.5 Å². The van der Waals surface area contributed by atoms with Crippen molar-refractivity contribution in [1.29, 1.82) is 0 Å². The maximum atomic E-state index is 10.6. The first kappa shape index (κ1) is 16.1. The van der Waals surface area contributed by atoms with E-state index in [1.165, 1.54) is 0 Å². The Labute approximate surface area is 144 Å². The summed E-state index contributed by atoms with van der Waals surface area (Å²) in [6, 6.07) is 14.4. The molecule has 0 aliphatic carbocycles. The third-order valence-electron chi connectivity index (χ3n) is 3.83. The van der Waals surface area contributed by atoms with Crippen LogP contribution in [0.3, 0.4) is 0 Å². The van der Waals surface area contributed by atoms with Crippen molar-refractivity contribution in [3.8, 4) is 16.9 Å². The zero-order valence-corrected chi connectivity index (χ0v) is 14.3. The van der Waals surface area contributed by atoms with Crippen LogP contribution in [0, 0.1) is 0 Å². The van der Waals surface area contributed by atoms with Gasteiger partial charge in [-0.25, -0.2) is 0 Å². The van der Waals surface area contributed by atoms with Gasteiger partial charge < -0.3 is 10.2 Å². The van der Waals surface area contributed by atoms with Crippen LogP contribution < -0.4 is 0 Å². The van der Waals surface area contributed by atoms with Gasteiger partial charge in [-0.15, -0.1) is 0 Å². The number of fused-ring (bicyclic) bond motifs is 1. The first-order chi connectivity index (χ1) is 10.8. The average Bonchev–Trinajstić information content (AvgIpc) is 2.45. The van der Waals surface area contributed by atoms with Crippen LogP contribution >= 0.6 is 23.2 Å². The lowest BCUT2D eigenvalue weighted by molar-refractivity contribution is 0.0791. The molecule has 0 atom stereocenters. The molecule has 0 saturated carbocycles. The van der Waals surface area contributed by atoms with E-state index in [9.17, 15) is 10.2 Å². The molecule has 0 aliphatic heterocycles. The summed E-state index contributed by atoms with van der Waals surface area (Å²) in [6.45, 7) is 3.37. The SMILES string of the molecule is CC(C)(O)c1cc(O)c2ccccc2c1-c1cc(Cl)cc(Cl)c1. The van der Waals surface area contributed by atoms with Crippen LogP contribution in [0.2, 0.25) is 10.0 Å². The van der Waals surface area contributed by atoms with Gasteiger partial charge in [0.2, 0.25) is 0 Å². The Kier molecular flexibility index (Phi) is 4.01. The van der Waals surface area contributed by atoms with E-state index in [1.807, 2.05) is 36.4 Å². The van der Waals surface area contributed by atoms with Crippen molar-refractivity contribution in [2.45, 2.75) is 19.4 Å². The molecule has 3 aromatic carbocycles. The quantitative estimate of drug-likeness (QED) is 0.620. The minimum atomic E-state index is -1.13. The van der Waals surface area contributed by atoms with Gasteiger partial charge in [0.05, 0.1) is 5.60 Å². The van der Waals surface area contributed by atoms with Crippen LogP contribution in [0.15, 0.2) is 48.5 Å². The molecule has 0 aromatic heterocycles. The Morgan fingerprint density at radius 2 is 1.43 bits per heavy atom. The lowest BCUT2D eigenvalue weighted by Crippen LogP contribution is -2.17. The van der Waals surface area contributed by atoms with Crippen LogP contribution in [0.5, 0.6) is 5.75 Å². The molecule has 0 unspecified atom stereocenters. The highest BCUT2D eigenvalue weighted by Gasteiger charge is 2.24. The first-order valence-corrected chi connectivity index (χ1v) is 7.97. The monoisotopic (exact) mass is 346 g/mol. The molecule has 0 radical (unpaired) electrons. The molecule has 3 aromatic rings. The molecule has 0 aliphatic rings. The number of phenolic OH excluding ortho intramolecular Hbond substituents is 1. The minimum Gasteiger partial charge on any atom is -0.507 e. The summed E-state index contributed by atoms with van der Waals surface area (Å²) in [6.07, 6.45) is 0. The summed E-state index contributed by atoms with van der Waals surface area (Å²) in [5.41, 5.74) is 1.10. The number of halogens is 2. The van der Waals surface area contributed by atoms with E-state index in [4.69, 9.17) is 23.2 Å². The number of hydrogen-bond donors (Lipinski definition) is 2. The maximum absolute atomic E-state index is 10.6. The van der Waals surface area contributed by atoms with Gasteiger partial charge >= 0.3 is 0 Å². The summed E-state index contributed by atoms with van der Waals surface area (Å²) in [7, 11) is 0. The predicted octanol–water partition coefficient (Wildman–Crippen LogP) is 5.75. The van der Waals surface area contributed by atoms with Gasteiger partial charge in [-0.1, -0.05) is 47.5 Å². The summed E-state index contributed by atoms with van der Waals surface area (Å²) in [5.74, 6) is 0.134. The second kappa shape index (κ2) is 5.72. The molecule has 3 rings (SSSR count). The Balaban J connectivity index is 2.48. The molecule has 0 heterocycles. The molecule has 0 fully saturated rings. The number of phenols is 1. The van der Waals surface area contributed by atoms with Crippen LogP contribution in [0.4, 0.5) is 0 Å². The second-order valence-electron chi connectivity index (χ2n) is 6.08. The summed E-state index contributed by atoms with van der Waals surface area (Å²) in [4.78, 5) is 0. The molecule has 0 spiro atoms. The Morgan fingerprint density at radius 1 is 0.870 bits per heavy atom. The van der Waals surface area contributed by atoms with Crippen LogP contribution in [-0.4, -0.2) is 10.2 Å². The summed E-state index contributed by atoms with van der Waals surface area (Å²) in [5, 5.41) is 23.5. The van der Waals surface area contributed by atoms with Crippen LogP contribution in [-0.2, 0) is 5.60 Å². The lowest BCUT2D eigenvalue weighted by atomic mass is 9.85. The third kappa shape index (κ3) is 3.02. The maximum Gasteiger partial charge on any atom is 0.123 e. The minimum absolute atomic E-state index is 0.134. The fourth-order valence-electron chi connectivity index (χ4n) is 2.85. The second-order valence-corrected chi connectivity index (χ2v) is 6.95. The van der Waals surface area contributed by atoms with E-state index in [-0.39, 0.29) is 5.75 Å². The number of hydrogen-bond acceptors (Lipinski definition) is 2. The molecule has 23 heavy (non-hydrogen) atoms. The molecule has 0 bridgehead atoms. The molecule has 2 N–H and O–H groups in total. The van der Waals surface area contributed by atoms with Crippen molar-refractivity contribution in [2.75, 3.05) is 0 Å². The molecule has 4 heteroatoms. The van der Waals surface area contributed by atoms with Crippen molar-refractivity contribution < 1.29 is 10.2 Å². The summed E-state index contributed by atoms with van der Waals surface area (Å²) < 4.78 is 0. The standard InChI is InChI=1S/C19H16Cl2O2/c1-19(2,23)16-10-17(22)14-5-3-4-6-15(14)18(16)11-7-12(20)9-13(21)8-11/h3-10,22-23H,1-2H3. The Hall–Kier alpha value is -1.74. The fraction of sp³-hybridized carbons (Fsp3) is 0.158. The van der Waals surface area contributed by atoms with Gasteiger partial charge in [-0.05, 0) is 60.2 Å². The van der Waals surface area contributed by atoms with E-state index >= 15 is 0 Å². The van der Waals surface area contributed by atoms with Crippen molar-refractivity contribution in [3.05, 3.63) is 64.1 Å². The largest absolute Gasteiger partial charge is 0.507 e. The molecular weight excluding hydrogens is 331 g/mol. The predicted molar refractivity (Wildman–Crippen MR) is 96.3 cm³/mol. The number of benzene rings is 3.